The largest absolute Gasteiger partial charge is 0.507 e. The molecule has 0 saturated heterocycles. The van der Waals surface area contributed by atoms with Gasteiger partial charge in [0.25, 0.3) is 5.91 Å². The van der Waals surface area contributed by atoms with Gasteiger partial charge in [-0.25, -0.2) is 4.98 Å². The number of aromatic hydroxyl groups is 1. The van der Waals surface area contributed by atoms with Gasteiger partial charge in [-0.15, -0.1) is 11.3 Å². The molecule has 1 amide bonds. The van der Waals surface area contributed by atoms with Crippen LogP contribution >= 0.6 is 11.3 Å². The molecule has 0 bridgehead atoms. The van der Waals surface area contributed by atoms with E-state index < -0.39 is 0 Å². The van der Waals surface area contributed by atoms with Crippen LogP contribution in [0.25, 0.3) is 21.0 Å². The molecule has 0 saturated carbocycles. The summed E-state index contributed by atoms with van der Waals surface area (Å²) in [6, 6.07) is 18.8. The SMILES string of the molecule is CC(c1nc2ccccc2s1)N(C)C(=O)c1cc2ccccc2cc1O. The maximum atomic E-state index is 13.0. The monoisotopic (exact) mass is 362 g/mol. The molecule has 0 aliphatic rings. The van der Waals surface area contributed by atoms with Gasteiger partial charge in [0.05, 0.1) is 21.8 Å². The summed E-state index contributed by atoms with van der Waals surface area (Å²) in [6.07, 6.45) is 0. The van der Waals surface area contributed by atoms with Crippen LogP contribution in [0, 0.1) is 0 Å². The van der Waals surface area contributed by atoms with Crippen molar-refractivity contribution in [3.05, 3.63) is 71.2 Å². The number of nitrogens with zero attached hydrogens (tertiary/aromatic N) is 2. The number of hydrogen-bond donors (Lipinski definition) is 1. The molecule has 5 heteroatoms. The van der Waals surface area contributed by atoms with E-state index in [0.717, 1.165) is 26.0 Å². The maximum Gasteiger partial charge on any atom is 0.257 e. The minimum absolute atomic E-state index is 0.00273. The molecule has 4 nitrogen and oxygen atoms in total. The predicted octanol–water partition coefficient (Wildman–Crippen LogP) is 4.99. The van der Waals surface area contributed by atoms with Gasteiger partial charge in [0, 0.05) is 7.05 Å². The lowest BCUT2D eigenvalue weighted by molar-refractivity contribution is 0.0739. The van der Waals surface area contributed by atoms with Gasteiger partial charge in [-0.05, 0) is 42.0 Å². The number of thiazole rings is 1. The highest BCUT2D eigenvalue weighted by Crippen LogP contribution is 2.31. The zero-order valence-corrected chi connectivity index (χ0v) is 15.3. The fraction of sp³-hybridized carbons (Fsp3) is 0.143. The van der Waals surface area contributed by atoms with Crippen LogP contribution < -0.4 is 0 Å². The van der Waals surface area contributed by atoms with Crippen molar-refractivity contribution in [2.45, 2.75) is 13.0 Å². The summed E-state index contributed by atoms with van der Waals surface area (Å²) in [5.41, 5.74) is 1.24. The summed E-state index contributed by atoms with van der Waals surface area (Å²) >= 11 is 1.59. The van der Waals surface area contributed by atoms with Gasteiger partial charge in [0.1, 0.15) is 10.8 Å². The first-order chi connectivity index (χ1) is 12.5. The Morgan fingerprint density at radius 2 is 1.73 bits per heavy atom. The highest BCUT2D eigenvalue weighted by atomic mass is 32.1. The molecule has 0 aliphatic heterocycles. The predicted molar refractivity (Wildman–Crippen MR) is 106 cm³/mol. The van der Waals surface area contributed by atoms with Crippen molar-refractivity contribution in [2.24, 2.45) is 0 Å². The van der Waals surface area contributed by atoms with Gasteiger partial charge in [-0.2, -0.15) is 0 Å². The molecule has 4 aromatic rings. The van der Waals surface area contributed by atoms with Crippen molar-refractivity contribution in [3.8, 4) is 5.75 Å². The van der Waals surface area contributed by atoms with E-state index in [1.165, 1.54) is 0 Å². The number of carbonyl (C=O) groups is 1. The Kier molecular flexibility index (Phi) is 4.09. The average molecular weight is 362 g/mol. The number of carbonyl (C=O) groups excluding carboxylic acids is 1. The summed E-state index contributed by atoms with van der Waals surface area (Å²) in [5, 5.41) is 13.0. The molecule has 26 heavy (non-hydrogen) atoms. The van der Waals surface area contributed by atoms with E-state index in [0.29, 0.717) is 5.56 Å². The van der Waals surface area contributed by atoms with Crippen molar-refractivity contribution in [2.75, 3.05) is 7.05 Å². The van der Waals surface area contributed by atoms with Crippen LogP contribution in [0.5, 0.6) is 5.75 Å². The van der Waals surface area contributed by atoms with E-state index in [4.69, 9.17) is 0 Å². The van der Waals surface area contributed by atoms with Gasteiger partial charge < -0.3 is 10.0 Å². The Balaban J connectivity index is 1.67. The minimum Gasteiger partial charge on any atom is -0.507 e. The maximum absolute atomic E-state index is 13.0. The van der Waals surface area contributed by atoms with Crippen LogP contribution in [0.15, 0.2) is 60.7 Å². The minimum atomic E-state index is -0.222. The van der Waals surface area contributed by atoms with Crippen LogP contribution in [-0.2, 0) is 0 Å². The van der Waals surface area contributed by atoms with Gasteiger partial charge >= 0.3 is 0 Å². The molecule has 0 radical (unpaired) electrons. The van der Waals surface area contributed by atoms with Crippen LogP contribution in [0.1, 0.15) is 28.3 Å². The van der Waals surface area contributed by atoms with Gasteiger partial charge in [0.15, 0.2) is 0 Å². The van der Waals surface area contributed by atoms with Gasteiger partial charge in [-0.1, -0.05) is 36.4 Å². The zero-order valence-electron chi connectivity index (χ0n) is 14.5. The van der Waals surface area contributed by atoms with E-state index in [2.05, 4.69) is 4.98 Å². The third kappa shape index (κ3) is 2.80. The zero-order chi connectivity index (χ0) is 18.3. The fourth-order valence-corrected chi connectivity index (χ4v) is 4.06. The van der Waals surface area contributed by atoms with Gasteiger partial charge in [-0.3, -0.25) is 4.79 Å². The van der Waals surface area contributed by atoms with Crippen LogP contribution in [0.4, 0.5) is 0 Å². The van der Waals surface area contributed by atoms with Crippen molar-refractivity contribution in [1.82, 2.24) is 9.88 Å². The number of aromatic nitrogens is 1. The molecular formula is C21H18N2O2S. The number of phenols is 1. The van der Waals surface area contributed by atoms with E-state index in [9.17, 15) is 9.90 Å². The first-order valence-corrected chi connectivity index (χ1v) is 9.20. The van der Waals surface area contributed by atoms with Crippen molar-refractivity contribution >= 4 is 38.2 Å². The smallest absolute Gasteiger partial charge is 0.257 e. The first-order valence-electron chi connectivity index (χ1n) is 8.39. The highest BCUT2D eigenvalue weighted by molar-refractivity contribution is 7.18. The Morgan fingerprint density at radius 3 is 2.46 bits per heavy atom. The number of fused-ring (bicyclic) bond motifs is 2. The molecule has 0 spiro atoms. The van der Waals surface area contributed by atoms with E-state index in [1.54, 1.807) is 35.4 Å². The van der Waals surface area contributed by atoms with Crippen LogP contribution in [-0.4, -0.2) is 27.9 Å². The Bertz CT molecular complexity index is 1090. The number of amides is 1. The second kappa shape index (κ2) is 6.42. The second-order valence-electron chi connectivity index (χ2n) is 6.33. The molecule has 1 heterocycles. The first kappa shape index (κ1) is 16.5. The summed E-state index contributed by atoms with van der Waals surface area (Å²) < 4.78 is 1.10. The number of hydrogen-bond acceptors (Lipinski definition) is 4. The number of para-hydroxylation sites is 1. The van der Waals surface area contributed by atoms with Crippen molar-refractivity contribution < 1.29 is 9.90 Å². The Hall–Kier alpha value is -2.92. The lowest BCUT2D eigenvalue weighted by Crippen LogP contribution is -2.29. The lowest BCUT2D eigenvalue weighted by atomic mass is 10.0. The summed E-state index contributed by atoms with van der Waals surface area (Å²) in [6.45, 7) is 1.95. The van der Waals surface area contributed by atoms with E-state index in [-0.39, 0.29) is 17.7 Å². The molecule has 3 aromatic carbocycles. The molecule has 1 unspecified atom stereocenters. The number of rotatable bonds is 3. The quantitative estimate of drug-likeness (QED) is 0.559. The summed E-state index contributed by atoms with van der Waals surface area (Å²) in [5.74, 6) is -0.225. The topological polar surface area (TPSA) is 53.4 Å². The fourth-order valence-electron chi connectivity index (χ4n) is 3.00. The van der Waals surface area contributed by atoms with Crippen molar-refractivity contribution in [1.29, 1.82) is 0 Å². The van der Waals surface area contributed by atoms with Crippen molar-refractivity contribution in [3.63, 3.8) is 0 Å². The summed E-state index contributed by atoms with van der Waals surface area (Å²) in [7, 11) is 1.74. The van der Waals surface area contributed by atoms with Crippen LogP contribution in [0.2, 0.25) is 0 Å². The molecule has 130 valence electrons. The molecule has 4 rings (SSSR count). The third-order valence-corrected chi connectivity index (χ3v) is 5.87. The van der Waals surface area contributed by atoms with Crippen LogP contribution in [0.3, 0.4) is 0 Å². The van der Waals surface area contributed by atoms with Gasteiger partial charge in [0.2, 0.25) is 0 Å². The second-order valence-corrected chi connectivity index (χ2v) is 7.39. The average Bonchev–Trinajstić information content (AvgIpc) is 3.10. The molecule has 1 atom stereocenters. The standard InChI is InChI=1S/C21H18N2O2S/c1-13(20-22-17-9-5-6-10-19(17)26-20)23(2)21(25)16-11-14-7-3-4-8-15(14)12-18(16)24/h3-13,24H,1-2H3. The number of benzene rings is 3. The molecule has 0 aliphatic carbocycles. The molecule has 1 N–H and O–H groups in total. The highest BCUT2D eigenvalue weighted by Gasteiger charge is 2.24. The molecular weight excluding hydrogens is 344 g/mol. The number of phenolic OH excluding ortho intramolecular Hbond substituents is 1. The molecule has 1 aromatic heterocycles. The van der Waals surface area contributed by atoms with E-state index in [1.807, 2.05) is 55.5 Å². The lowest BCUT2D eigenvalue weighted by Gasteiger charge is -2.23. The summed E-state index contributed by atoms with van der Waals surface area (Å²) in [4.78, 5) is 19.3. The normalized spacial score (nSPS) is 12.4. The Morgan fingerprint density at radius 1 is 1.08 bits per heavy atom. The third-order valence-electron chi connectivity index (χ3n) is 4.66. The molecule has 0 fully saturated rings. The Labute approximate surface area is 155 Å². The van der Waals surface area contributed by atoms with E-state index >= 15 is 0 Å².